The molecule has 3 N–H and O–H groups in total. The van der Waals surface area contributed by atoms with Crippen LogP contribution in [0.25, 0.3) is 0 Å². The van der Waals surface area contributed by atoms with Gasteiger partial charge in [-0.15, -0.1) is 0 Å². The molecule has 1 amide bonds. The monoisotopic (exact) mass is 396 g/mol. The van der Waals surface area contributed by atoms with E-state index >= 15 is 0 Å². The minimum Gasteiger partial charge on any atom is -0.504 e. The summed E-state index contributed by atoms with van der Waals surface area (Å²) in [4.78, 5) is 23.2. The Morgan fingerprint density at radius 1 is 1.21 bits per heavy atom. The molecule has 0 spiro atoms. The maximum atomic E-state index is 12.4. The summed E-state index contributed by atoms with van der Waals surface area (Å²) < 4.78 is 10.5. The van der Waals surface area contributed by atoms with Crippen LogP contribution in [0.1, 0.15) is 24.2 Å². The number of carboxylic acids is 1. The second-order valence-corrected chi connectivity index (χ2v) is 6.13. The van der Waals surface area contributed by atoms with Crippen molar-refractivity contribution in [1.82, 2.24) is 0 Å². The molecule has 0 saturated heterocycles. The number of methoxy groups -OCH3 is 1. The number of nitrogens with one attached hydrogen (secondary N) is 1. The van der Waals surface area contributed by atoms with Crippen molar-refractivity contribution in [3.8, 4) is 17.6 Å². The van der Waals surface area contributed by atoms with E-state index in [0.29, 0.717) is 16.8 Å². The van der Waals surface area contributed by atoms with Gasteiger partial charge in [0.15, 0.2) is 11.5 Å². The summed E-state index contributed by atoms with van der Waals surface area (Å²) in [6.07, 6.45) is 0.706. The van der Waals surface area contributed by atoms with E-state index in [-0.39, 0.29) is 11.5 Å². The second kappa shape index (κ2) is 9.80. The van der Waals surface area contributed by atoms with Gasteiger partial charge in [-0.05, 0) is 42.0 Å². The molecule has 2 aromatic carbocycles. The van der Waals surface area contributed by atoms with Gasteiger partial charge in [-0.3, -0.25) is 5.32 Å². The number of nitrogens with zero attached hydrogens (tertiary/aromatic N) is 1. The Hall–Kier alpha value is -3.99. The number of hydrogen-bond donors (Lipinski definition) is 3. The molecule has 150 valence electrons. The van der Waals surface area contributed by atoms with Gasteiger partial charge in [-0.2, -0.15) is 5.26 Å². The number of phenolic OH excluding ortho intramolecular Hbond substituents is 1. The van der Waals surface area contributed by atoms with E-state index < -0.39 is 24.1 Å². The largest absolute Gasteiger partial charge is 0.504 e. The third kappa shape index (κ3) is 6.01. The highest BCUT2D eigenvalue weighted by atomic mass is 16.6. The lowest BCUT2D eigenvalue weighted by Crippen LogP contribution is -2.21. The summed E-state index contributed by atoms with van der Waals surface area (Å²) in [6.45, 7) is 1.68. The molecule has 0 unspecified atom stereocenters. The molecule has 8 heteroatoms. The van der Waals surface area contributed by atoms with Gasteiger partial charge < -0.3 is 19.7 Å². The molecule has 0 aromatic heterocycles. The summed E-state index contributed by atoms with van der Waals surface area (Å²) in [7, 11) is 1.41. The summed E-state index contributed by atoms with van der Waals surface area (Å²) in [5.41, 5.74) is 1.34. The molecular formula is C21H20N2O6. The maximum Gasteiger partial charge on any atom is 0.412 e. The van der Waals surface area contributed by atoms with Gasteiger partial charge in [-0.1, -0.05) is 19.1 Å². The summed E-state index contributed by atoms with van der Waals surface area (Å²) >= 11 is 0. The van der Waals surface area contributed by atoms with Gasteiger partial charge in [0.25, 0.3) is 0 Å². The zero-order valence-corrected chi connectivity index (χ0v) is 15.8. The smallest absolute Gasteiger partial charge is 0.412 e. The normalized spacial score (nSPS) is 12.6. The number of carboxylic acid groups (broad SMARTS) is 1. The van der Waals surface area contributed by atoms with Gasteiger partial charge in [-0.25, -0.2) is 9.59 Å². The fraction of sp³-hybridized carbons (Fsp3) is 0.190. The highest BCUT2D eigenvalue weighted by Crippen LogP contribution is 2.34. The van der Waals surface area contributed by atoms with Crippen molar-refractivity contribution in [1.29, 1.82) is 5.26 Å². The van der Waals surface area contributed by atoms with Crippen molar-refractivity contribution >= 4 is 17.7 Å². The Morgan fingerprint density at radius 2 is 1.90 bits per heavy atom. The number of benzene rings is 2. The van der Waals surface area contributed by atoms with Gasteiger partial charge in [0.05, 0.1) is 18.7 Å². The second-order valence-electron chi connectivity index (χ2n) is 6.13. The van der Waals surface area contributed by atoms with Crippen molar-refractivity contribution < 1.29 is 29.3 Å². The van der Waals surface area contributed by atoms with Crippen LogP contribution in [0.2, 0.25) is 0 Å². The third-order valence-corrected chi connectivity index (χ3v) is 4.05. The standard InChI is InChI=1S/C21H20N2O6/c1-13(3-10-19(25)26)20(15-6-9-18(28-2)17(24)11-15)29-21(27)23-16-7-4-14(12-22)5-8-16/h3-11,13,20,24H,1-2H3,(H,23,27)(H,25,26)/b10-3+/t13-,20+/m1/s1. The van der Waals surface area contributed by atoms with Crippen molar-refractivity contribution in [3.05, 3.63) is 65.7 Å². The molecule has 0 heterocycles. The fourth-order valence-electron chi connectivity index (χ4n) is 2.59. The molecule has 2 rings (SSSR count). The van der Waals surface area contributed by atoms with Crippen LogP contribution in [0.3, 0.4) is 0 Å². The quantitative estimate of drug-likeness (QED) is 0.606. The van der Waals surface area contributed by atoms with E-state index in [4.69, 9.17) is 19.8 Å². The van der Waals surface area contributed by atoms with Crippen LogP contribution < -0.4 is 10.1 Å². The number of aromatic hydroxyl groups is 1. The average Bonchev–Trinajstić information content (AvgIpc) is 2.70. The SMILES string of the molecule is COc1ccc([C@@H](OC(=O)Nc2ccc(C#N)cc2)[C@H](C)/C=C/C(=O)O)cc1O. The maximum absolute atomic E-state index is 12.4. The van der Waals surface area contributed by atoms with E-state index in [2.05, 4.69) is 5.32 Å². The van der Waals surface area contributed by atoms with Crippen molar-refractivity contribution in [2.45, 2.75) is 13.0 Å². The lowest BCUT2D eigenvalue weighted by molar-refractivity contribution is -0.131. The topological polar surface area (TPSA) is 129 Å². The van der Waals surface area contributed by atoms with Crippen LogP contribution in [-0.2, 0) is 9.53 Å². The molecule has 29 heavy (non-hydrogen) atoms. The number of aliphatic carboxylic acids is 1. The van der Waals surface area contributed by atoms with Crippen LogP contribution in [0.15, 0.2) is 54.6 Å². The van der Waals surface area contributed by atoms with Crippen LogP contribution in [0.5, 0.6) is 11.5 Å². The zero-order chi connectivity index (χ0) is 21.4. The van der Waals surface area contributed by atoms with Crippen molar-refractivity contribution in [2.24, 2.45) is 5.92 Å². The Morgan fingerprint density at radius 3 is 2.45 bits per heavy atom. The first-order chi connectivity index (χ1) is 13.8. The minimum atomic E-state index is -1.13. The minimum absolute atomic E-state index is 0.138. The number of nitriles is 1. The van der Waals surface area contributed by atoms with Gasteiger partial charge >= 0.3 is 12.1 Å². The average molecular weight is 396 g/mol. The van der Waals surface area contributed by atoms with Crippen molar-refractivity contribution in [2.75, 3.05) is 12.4 Å². The molecule has 0 bridgehead atoms. The zero-order valence-electron chi connectivity index (χ0n) is 15.8. The van der Waals surface area contributed by atoms with Crippen LogP contribution in [-0.4, -0.2) is 29.4 Å². The summed E-state index contributed by atoms with van der Waals surface area (Å²) in [5, 5.41) is 30.3. The van der Waals surface area contributed by atoms with Crippen LogP contribution in [0.4, 0.5) is 10.5 Å². The number of ether oxygens (including phenoxy) is 2. The number of rotatable bonds is 7. The Bertz CT molecular complexity index is 947. The summed E-state index contributed by atoms with van der Waals surface area (Å²) in [5.74, 6) is -1.52. The van der Waals surface area contributed by atoms with Gasteiger partial charge in [0.2, 0.25) is 0 Å². The molecule has 0 aliphatic carbocycles. The first-order valence-corrected chi connectivity index (χ1v) is 8.60. The van der Waals surface area contributed by atoms with Crippen LogP contribution >= 0.6 is 0 Å². The van der Waals surface area contributed by atoms with E-state index in [1.165, 1.54) is 25.3 Å². The Balaban J connectivity index is 2.24. The molecule has 0 saturated carbocycles. The molecule has 8 nitrogen and oxygen atoms in total. The van der Waals surface area contributed by atoms with Gasteiger partial charge in [0.1, 0.15) is 6.10 Å². The number of amides is 1. The lowest BCUT2D eigenvalue weighted by Gasteiger charge is -2.23. The molecule has 0 aliphatic heterocycles. The number of phenols is 1. The number of hydrogen-bond acceptors (Lipinski definition) is 6. The van der Waals surface area contributed by atoms with Gasteiger partial charge in [0, 0.05) is 17.7 Å². The lowest BCUT2D eigenvalue weighted by atomic mass is 9.96. The highest BCUT2D eigenvalue weighted by Gasteiger charge is 2.23. The molecular weight excluding hydrogens is 376 g/mol. The van der Waals surface area contributed by atoms with Crippen molar-refractivity contribution in [3.63, 3.8) is 0 Å². The predicted molar refractivity (Wildman–Crippen MR) is 105 cm³/mol. The predicted octanol–water partition coefficient (Wildman–Crippen LogP) is 3.84. The van der Waals surface area contributed by atoms with E-state index in [1.807, 2.05) is 6.07 Å². The number of carbonyl (C=O) groups excluding carboxylic acids is 1. The molecule has 0 radical (unpaired) electrons. The highest BCUT2D eigenvalue weighted by molar-refractivity contribution is 5.85. The molecule has 0 aliphatic rings. The molecule has 0 fully saturated rings. The Labute approximate surface area is 167 Å². The number of carbonyl (C=O) groups is 2. The first kappa shape index (κ1) is 21.3. The Kier molecular flexibility index (Phi) is 7.20. The number of anilines is 1. The molecule has 2 aromatic rings. The third-order valence-electron chi connectivity index (χ3n) is 4.05. The van der Waals surface area contributed by atoms with E-state index in [0.717, 1.165) is 6.08 Å². The first-order valence-electron chi connectivity index (χ1n) is 8.60. The summed E-state index contributed by atoms with van der Waals surface area (Å²) in [6, 6.07) is 12.7. The fourth-order valence-corrected chi connectivity index (χ4v) is 2.59. The van der Waals surface area contributed by atoms with E-state index in [9.17, 15) is 14.7 Å². The van der Waals surface area contributed by atoms with Crippen LogP contribution in [0, 0.1) is 17.2 Å². The van der Waals surface area contributed by atoms with E-state index in [1.54, 1.807) is 37.3 Å². The molecule has 2 atom stereocenters.